The Labute approximate surface area is 327 Å². The van der Waals surface area contributed by atoms with E-state index < -0.39 is 0 Å². The highest BCUT2D eigenvalue weighted by Crippen LogP contribution is 2.42. The zero-order chi connectivity index (χ0) is 37.0. The second-order valence-electron chi connectivity index (χ2n) is 14.2. The van der Waals surface area contributed by atoms with E-state index >= 15 is 0 Å². The Morgan fingerprint density at radius 1 is 0.446 bits per heavy atom. The Kier molecular flexibility index (Phi) is 7.71. The van der Waals surface area contributed by atoms with Crippen LogP contribution < -0.4 is 5.32 Å². The van der Waals surface area contributed by atoms with Crippen molar-refractivity contribution in [3.63, 3.8) is 0 Å². The molecular weight excluding hydrogens is 703 g/mol. The van der Waals surface area contributed by atoms with Crippen LogP contribution in [-0.2, 0) is 0 Å². The maximum absolute atomic E-state index is 6.47. The number of thiophene rings is 1. The van der Waals surface area contributed by atoms with Gasteiger partial charge in [0.2, 0.25) is 0 Å². The van der Waals surface area contributed by atoms with E-state index in [2.05, 4.69) is 157 Å². The van der Waals surface area contributed by atoms with Crippen molar-refractivity contribution >= 4 is 65.1 Å². The summed E-state index contributed by atoms with van der Waals surface area (Å²) in [5.41, 5.74) is 11.9. The van der Waals surface area contributed by atoms with Crippen LogP contribution in [0.25, 0.3) is 75.5 Å². The van der Waals surface area contributed by atoms with E-state index in [9.17, 15) is 0 Å². The number of nitrogens with one attached hydrogen (secondary N) is 1. The molecule has 8 aromatic carbocycles. The molecule has 0 saturated heterocycles. The van der Waals surface area contributed by atoms with Crippen LogP contribution in [0.2, 0.25) is 0 Å². The number of rotatable bonds is 6. The molecule has 2 aromatic heterocycles. The Hall–Kier alpha value is -7.08. The van der Waals surface area contributed by atoms with Gasteiger partial charge in [-0.15, -0.1) is 11.3 Å². The van der Waals surface area contributed by atoms with Gasteiger partial charge >= 0.3 is 0 Å². The summed E-state index contributed by atoms with van der Waals surface area (Å²) in [7, 11) is 0. The van der Waals surface area contributed by atoms with Crippen LogP contribution in [0.1, 0.15) is 22.9 Å². The van der Waals surface area contributed by atoms with E-state index in [-0.39, 0.29) is 6.17 Å². The van der Waals surface area contributed by atoms with Crippen LogP contribution >= 0.6 is 11.3 Å². The Morgan fingerprint density at radius 3 is 1.89 bits per heavy atom. The molecule has 0 amide bonds. The highest BCUT2D eigenvalue weighted by Gasteiger charge is 2.22. The van der Waals surface area contributed by atoms with E-state index in [1.807, 2.05) is 47.7 Å². The van der Waals surface area contributed by atoms with Gasteiger partial charge in [0.05, 0.1) is 0 Å². The molecule has 1 atom stereocenters. The predicted molar refractivity (Wildman–Crippen MR) is 235 cm³/mol. The Bertz CT molecular complexity index is 3180. The topological polar surface area (TPSA) is 49.9 Å². The van der Waals surface area contributed by atoms with Crippen molar-refractivity contribution in [2.24, 2.45) is 9.98 Å². The number of aliphatic imine (C=N–C) groups is 2. The van der Waals surface area contributed by atoms with Crippen molar-refractivity contribution in [3.8, 4) is 33.4 Å². The summed E-state index contributed by atoms with van der Waals surface area (Å²) < 4.78 is 8.91. The van der Waals surface area contributed by atoms with Crippen molar-refractivity contribution in [1.82, 2.24) is 5.32 Å². The first-order chi connectivity index (χ1) is 27.7. The average molecular weight is 736 g/mol. The van der Waals surface area contributed by atoms with E-state index in [1.54, 1.807) is 0 Å². The van der Waals surface area contributed by atoms with Gasteiger partial charge in [-0.1, -0.05) is 164 Å². The Balaban J connectivity index is 0.989. The fraction of sp³-hybridized carbons (Fsp3) is 0.0196. The second kappa shape index (κ2) is 13.3. The lowest BCUT2D eigenvalue weighted by molar-refractivity contribution is 0.670. The fourth-order valence-electron chi connectivity index (χ4n) is 8.02. The predicted octanol–water partition coefficient (Wildman–Crippen LogP) is 13.5. The summed E-state index contributed by atoms with van der Waals surface area (Å²) >= 11 is 1.81. The minimum Gasteiger partial charge on any atom is -0.455 e. The van der Waals surface area contributed by atoms with Crippen LogP contribution in [0.15, 0.2) is 202 Å². The standard InChI is InChI=1S/C51H33N3OS/c1-3-13-32(14-4-1)34-17-11-18-36(29-34)50-52-49(33-15-5-2-6-16-33)53-51(54-50)37-26-28-42-41-27-25-35(30-46(41)56-47(42)31-37)38-19-7-8-20-39(38)43-22-12-23-44-40-21-9-10-24-45(40)55-48(43)44/h1-31,50H,(H,52,53,54). The third-order valence-corrected chi connectivity index (χ3v) is 11.9. The average Bonchev–Trinajstić information content (AvgIpc) is 3.85. The number of fused-ring (bicyclic) bond motifs is 6. The largest absolute Gasteiger partial charge is 0.455 e. The van der Waals surface area contributed by atoms with Gasteiger partial charge in [-0.3, -0.25) is 0 Å². The van der Waals surface area contributed by atoms with E-state index in [0.29, 0.717) is 5.84 Å². The van der Waals surface area contributed by atoms with Crippen LogP contribution in [0.5, 0.6) is 0 Å². The molecule has 1 aliphatic heterocycles. The molecule has 5 heteroatoms. The van der Waals surface area contributed by atoms with Crippen molar-refractivity contribution in [2.45, 2.75) is 6.17 Å². The van der Waals surface area contributed by atoms with Crippen molar-refractivity contribution in [2.75, 3.05) is 0 Å². The maximum atomic E-state index is 6.47. The molecule has 0 aliphatic carbocycles. The molecule has 11 rings (SSSR count). The number of benzene rings is 8. The second-order valence-corrected chi connectivity index (χ2v) is 15.3. The number of hydrogen-bond donors (Lipinski definition) is 1. The molecule has 0 bridgehead atoms. The molecule has 0 radical (unpaired) electrons. The molecule has 0 saturated carbocycles. The van der Waals surface area contributed by atoms with Crippen LogP contribution in [-0.4, -0.2) is 11.7 Å². The van der Waals surface area contributed by atoms with Gasteiger partial charge in [0.1, 0.15) is 23.2 Å². The zero-order valence-electron chi connectivity index (χ0n) is 30.2. The summed E-state index contributed by atoms with van der Waals surface area (Å²) in [5.74, 6) is 1.52. The van der Waals surface area contributed by atoms with Crippen LogP contribution in [0, 0.1) is 0 Å². The summed E-state index contributed by atoms with van der Waals surface area (Å²) in [6.45, 7) is 0. The van der Waals surface area contributed by atoms with Crippen LogP contribution in [0.3, 0.4) is 0 Å². The molecule has 264 valence electrons. The monoisotopic (exact) mass is 735 g/mol. The summed E-state index contributed by atoms with van der Waals surface area (Å²) in [4.78, 5) is 10.4. The van der Waals surface area contributed by atoms with Gasteiger partial charge in [0, 0.05) is 47.6 Å². The fourth-order valence-corrected chi connectivity index (χ4v) is 9.21. The van der Waals surface area contributed by atoms with E-state index in [4.69, 9.17) is 14.4 Å². The minimum atomic E-state index is -0.299. The summed E-state index contributed by atoms with van der Waals surface area (Å²) in [6, 6.07) is 66.3. The Morgan fingerprint density at radius 2 is 1.07 bits per heavy atom. The quantitative estimate of drug-likeness (QED) is 0.185. The molecule has 10 aromatic rings. The molecule has 1 N–H and O–H groups in total. The van der Waals surface area contributed by atoms with E-state index in [0.717, 1.165) is 61.2 Å². The molecular formula is C51H33N3OS. The number of furan rings is 1. The van der Waals surface area contributed by atoms with Gasteiger partial charge < -0.3 is 9.73 Å². The normalized spacial score (nSPS) is 14.2. The van der Waals surface area contributed by atoms with Gasteiger partial charge in [0.25, 0.3) is 0 Å². The number of nitrogens with zero attached hydrogens (tertiary/aromatic N) is 2. The highest BCUT2D eigenvalue weighted by molar-refractivity contribution is 7.25. The smallest absolute Gasteiger partial charge is 0.159 e. The maximum Gasteiger partial charge on any atom is 0.159 e. The van der Waals surface area contributed by atoms with Gasteiger partial charge in [0.15, 0.2) is 5.84 Å². The van der Waals surface area contributed by atoms with Crippen molar-refractivity contribution < 1.29 is 4.42 Å². The third kappa shape index (κ3) is 5.60. The van der Waals surface area contributed by atoms with E-state index in [1.165, 1.54) is 36.9 Å². The minimum absolute atomic E-state index is 0.299. The number of amidine groups is 2. The molecule has 56 heavy (non-hydrogen) atoms. The molecule has 4 nitrogen and oxygen atoms in total. The van der Waals surface area contributed by atoms with Crippen LogP contribution in [0.4, 0.5) is 0 Å². The lowest BCUT2D eigenvalue weighted by Crippen LogP contribution is -2.33. The zero-order valence-corrected chi connectivity index (χ0v) is 31.0. The molecule has 3 heterocycles. The first kappa shape index (κ1) is 32.4. The SMILES string of the molecule is c1ccc(C2=NC(c3ccc4c(c3)sc3cc(-c5ccccc5-c5cccc6c5oc5ccccc56)ccc34)=NC(c3cccc(-c4ccccc4)c3)N2)cc1. The van der Waals surface area contributed by atoms with Crippen molar-refractivity contribution in [3.05, 3.63) is 205 Å². The first-order valence-corrected chi connectivity index (χ1v) is 19.7. The molecule has 0 spiro atoms. The van der Waals surface area contributed by atoms with Crippen molar-refractivity contribution in [1.29, 1.82) is 0 Å². The lowest BCUT2D eigenvalue weighted by Gasteiger charge is -2.24. The highest BCUT2D eigenvalue weighted by atomic mass is 32.1. The lowest BCUT2D eigenvalue weighted by atomic mass is 9.93. The molecule has 0 fully saturated rings. The van der Waals surface area contributed by atoms with Gasteiger partial charge in [-0.05, 0) is 57.6 Å². The van der Waals surface area contributed by atoms with Gasteiger partial charge in [-0.2, -0.15) is 0 Å². The molecule has 1 aliphatic rings. The molecule has 1 unspecified atom stereocenters. The number of para-hydroxylation sites is 2. The number of hydrogen-bond acceptors (Lipinski definition) is 5. The van der Waals surface area contributed by atoms with Gasteiger partial charge in [-0.25, -0.2) is 9.98 Å². The summed E-state index contributed by atoms with van der Waals surface area (Å²) in [6.07, 6.45) is -0.299. The first-order valence-electron chi connectivity index (χ1n) is 18.8. The summed E-state index contributed by atoms with van der Waals surface area (Å²) in [5, 5.41) is 8.38. The third-order valence-electron chi connectivity index (χ3n) is 10.8.